The molecular weight excluding hydrogens is 346 g/mol. The van der Waals surface area contributed by atoms with Gasteiger partial charge < -0.3 is 8.98 Å². The normalized spacial score (nSPS) is 11.2. The molecule has 1 aromatic carbocycles. The lowest BCUT2D eigenvalue weighted by Gasteiger charge is -2.07. The molecule has 0 aliphatic rings. The summed E-state index contributed by atoms with van der Waals surface area (Å²) in [6, 6.07) is 10.2. The van der Waals surface area contributed by atoms with Crippen molar-refractivity contribution in [1.82, 2.24) is 14.8 Å². The second-order valence-electron chi connectivity index (χ2n) is 6.46. The number of rotatable bonds is 8. The van der Waals surface area contributed by atoms with Crippen LogP contribution in [0.4, 0.5) is 0 Å². The summed E-state index contributed by atoms with van der Waals surface area (Å²) in [5, 5.41) is 9.23. The van der Waals surface area contributed by atoms with Crippen LogP contribution in [0.2, 0.25) is 0 Å². The van der Waals surface area contributed by atoms with Gasteiger partial charge in [0.15, 0.2) is 11.0 Å². The molecule has 0 atom stereocenters. The Hall–Kier alpha value is -2.34. The van der Waals surface area contributed by atoms with Crippen LogP contribution in [0.25, 0.3) is 11.4 Å². The molecule has 3 rings (SSSR count). The van der Waals surface area contributed by atoms with Crippen molar-refractivity contribution in [2.24, 2.45) is 0 Å². The SMILES string of the molecule is CCn1c(SCC(=O)Cc2ccc(C(C)C)cc2)nnc1-c1ccoc1. The topological polar surface area (TPSA) is 60.9 Å². The fourth-order valence-corrected chi connectivity index (χ4v) is 3.59. The first kappa shape index (κ1) is 18.5. The number of furan rings is 1. The van der Waals surface area contributed by atoms with Crippen LogP contribution in [0.3, 0.4) is 0 Å². The number of nitrogens with zero attached hydrogens (tertiary/aromatic N) is 3. The van der Waals surface area contributed by atoms with E-state index in [0.717, 1.165) is 28.7 Å². The molecule has 136 valence electrons. The van der Waals surface area contributed by atoms with Gasteiger partial charge in [-0.15, -0.1) is 10.2 Å². The number of hydrogen-bond donors (Lipinski definition) is 0. The first-order valence-corrected chi connectivity index (χ1v) is 9.76. The molecule has 5 nitrogen and oxygen atoms in total. The lowest BCUT2D eigenvalue weighted by atomic mass is 10.0. The van der Waals surface area contributed by atoms with Crippen LogP contribution in [-0.2, 0) is 17.8 Å². The van der Waals surface area contributed by atoms with Gasteiger partial charge in [0.2, 0.25) is 0 Å². The Bertz CT molecular complexity index is 852. The lowest BCUT2D eigenvalue weighted by molar-refractivity contribution is -0.116. The van der Waals surface area contributed by atoms with E-state index in [0.29, 0.717) is 18.1 Å². The average Bonchev–Trinajstić information content (AvgIpc) is 3.29. The Morgan fingerprint density at radius 1 is 1.19 bits per heavy atom. The molecule has 0 aliphatic heterocycles. The summed E-state index contributed by atoms with van der Waals surface area (Å²) < 4.78 is 7.12. The summed E-state index contributed by atoms with van der Waals surface area (Å²) in [4.78, 5) is 12.3. The number of Topliss-reactive ketones (excluding diaryl/α,β-unsaturated/α-hetero) is 1. The van der Waals surface area contributed by atoms with E-state index in [2.05, 4.69) is 36.2 Å². The predicted octanol–water partition coefficient (Wildman–Crippen LogP) is 4.59. The highest BCUT2D eigenvalue weighted by Crippen LogP contribution is 2.24. The standard InChI is InChI=1S/C20H23N3O2S/c1-4-23-19(17-9-10-25-12-17)21-22-20(23)26-13-18(24)11-15-5-7-16(8-6-15)14(2)3/h5-10,12,14H,4,11,13H2,1-3H3. The highest BCUT2D eigenvalue weighted by atomic mass is 32.2. The summed E-state index contributed by atoms with van der Waals surface area (Å²) in [6.45, 7) is 7.10. The van der Waals surface area contributed by atoms with E-state index in [1.54, 1.807) is 12.5 Å². The molecule has 26 heavy (non-hydrogen) atoms. The van der Waals surface area contributed by atoms with E-state index < -0.39 is 0 Å². The van der Waals surface area contributed by atoms with Crippen LogP contribution in [0, 0.1) is 0 Å². The van der Waals surface area contributed by atoms with Crippen molar-refractivity contribution in [3.63, 3.8) is 0 Å². The van der Waals surface area contributed by atoms with Crippen LogP contribution in [-0.4, -0.2) is 26.3 Å². The highest BCUT2D eigenvalue weighted by Gasteiger charge is 2.15. The first-order chi connectivity index (χ1) is 12.6. The second-order valence-corrected chi connectivity index (χ2v) is 7.41. The summed E-state index contributed by atoms with van der Waals surface area (Å²) >= 11 is 1.43. The fraction of sp³-hybridized carbons (Fsp3) is 0.350. The van der Waals surface area contributed by atoms with Crippen molar-refractivity contribution >= 4 is 17.5 Å². The smallest absolute Gasteiger partial charge is 0.191 e. The summed E-state index contributed by atoms with van der Waals surface area (Å²) in [7, 11) is 0. The number of carbonyl (C=O) groups is 1. The third kappa shape index (κ3) is 4.25. The number of hydrogen-bond acceptors (Lipinski definition) is 5. The zero-order valence-electron chi connectivity index (χ0n) is 15.3. The predicted molar refractivity (Wildman–Crippen MR) is 103 cm³/mol. The van der Waals surface area contributed by atoms with Gasteiger partial charge in [-0.25, -0.2) is 0 Å². The van der Waals surface area contributed by atoms with E-state index in [9.17, 15) is 4.79 Å². The van der Waals surface area contributed by atoms with Gasteiger partial charge in [0, 0.05) is 13.0 Å². The fourth-order valence-electron chi connectivity index (χ4n) is 2.73. The Morgan fingerprint density at radius 3 is 2.58 bits per heavy atom. The maximum atomic E-state index is 12.3. The zero-order chi connectivity index (χ0) is 18.5. The molecule has 0 aliphatic carbocycles. The monoisotopic (exact) mass is 369 g/mol. The Morgan fingerprint density at radius 2 is 1.96 bits per heavy atom. The summed E-state index contributed by atoms with van der Waals surface area (Å²) in [5.41, 5.74) is 3.23. The van der Waals surface area contributed by atoms with E-state index >= 15 is 0 Å². The van der Waals surface area contributed by atoms with Gasteiger partial charge in [0.25, 0.3) is 0 Å². The van der Waals surface area contributed by atoms with Crippen molar-refractivity contribution in [3.8, 4) is 11.4 Å². The van der Waals surface area contributed by atoms with E-state index in [-0.39, 0.29) is 5.78 Å². The van der Waals surface area contributed by atoms with Crippen molar-refractivity contribution in [1.29, 1.82) is 0 Å². The molecule has 0 fully saturated rings. The van der Waals surface area contributed by atoms with Gasteiger partial charge in [0.1, 0.15) is 12.0 Å². The van der Waals surface area contributed by atoms with Crippen LogP contribution < -0.4 is 0 Å². The average molecular weight is 369 g/mol. The van der Waals surface area contributed by atoms with Crippen molar-refractivity contribution in [3.05, 3.63) is 54.0 Å². The van der Waals surface area contributed by atoms with Gasteiger partial charge in [0.05, 0.1) is 17.6 Å². The molecule has 0 radical (unpaired) electrons. The third-order valence-electron chi connectivity index (χ3n) is 4.22. The molecule has 0 spiro atoms. The second kappa shape index (κ2) is 8.36. The van der Waals surface area contributed by atoms with Crippen molar-refractivity contribution in [2.45, 2.75) is 44.8 Å². The Balaban J connectivity index is 1.61. The van der Waals surface area contributed by atoms with Gasteiger partial charge in [-0.05, 0) is 30.0 Å². The molecule has 3 aromatic rings. The Labute approximate surface area is 157 Å². The quantitative estimate of drug-likeness (QED) is 0.544. The number of carbonyl (C=O) groups excluding carboxylic acids is 1. The molecule has 6 heteroatoms. The number of benzene rings is 1. The molecule has 0 amide bonds. The first-order valence-electron chi connectivity index (χ1n) is 8.77. The molecule has 0 saturated heterocycles. The lowest BCUT2D eigenvalue weighted by Crippen LogP contribution is -2.07. The minimum atomic E-state index is 0.183. The van der Waals surface area contributed by atoms with Crippen LogP contribution >= 0.6 is 11.8 Å². The van der Waals surface area contributed by atoms with Crippen LogP contribution in [0.15, 0.2) is 52.4 Å². The van der Waals surface area contributed by atoms with Gasteiger partial charge in [-0.3, -0.25) is 4.79 Å². The number of ketones is 1. The minimum Gasteiger partial charge on any atom is -0.472 e. The molecule has 0 unspecified atom stereocenters. The largest absolute Gasteiger partial charge is 0.472 e. The number of aromatic nitrogens is 3. The molecule has 2 aromatic heterocycles. The van der Waals surface area contributed by atoms with Gasteiger partial charge in [-0.2, -0.15) is 0 Å². The van der Waals surface area contributed by atoms with Gasteiger partial charge in [-0.1, -0.05) is 49.9 Å². The third-order valence-corrected chi connectivity index (χ3v) is 5.25. The maximum absolute atomic E-state index is 12.3. The molecule has 0 saturated carbocycles. The molecule has 0 bridgehead atoms. The van der Waals surface area contributed by atoms with Gasteiger partial charge >= 0.3 is 0 Å². The van der Waals surface area contributed by atoms with E-state index in [4.69, 9.17) is 4.42 Å². The Kier molecular flexibility index (Phi) is 5.93. The van der Waals surface area contributed by atoms with Crippen LogP contribution in [0.5, 0.6) is 0 Å². The molecule has 2 heterocycles. The van der Waals surface area contributed by atoms with Crippen molar-refractivity contribution in [2.75, 3.05) is 5.75 Å². The highest BCUT2D eigenvalue weighted by molar-refractivity contribution is 7.99. The maximum Gasteiger partial charge on any atom is 0.191 e. The summed E-state index contributed by atoms with van der Waals surface area (Å²) in [6.07, 6.45) is 3.71. The zero-order valence-corrected chi connectivity index (χ0v) is 16.1. The molecule has 0 N–H and O–H groups in total. The number of thioether (sulfide) groups is 1. The van der Waals surface area contributed by atoms with Crippen molar-refractivity contribution < 1.29 is 9.21 Å². The summed E-state index contributed by atoms with van der Waals surface area (Å²) in [5.74, 6) is 1.83. The van der Waals surface area contributed by atoms with Crippen LogP contribution in [0.1, 0.15) is 37.8 Å². The van der Waals surface area contributed by atoms with E-state index in [1.807, 2.05) is 29.7 Å². The molecular formula is C20H23N3O2S. The minimum absolute atomic E-state index is 0.183. The van der Waals surface area contributed by atoms with E-state index in [1.165, 1.54) is 17.3 Å².